The Kier molecular flexibility index (Phi) is 6.57. The zero-order valence-electron chi connectivity index (χ0n) is 8.68. The molecule has 0 atom stereocenters. The number of nitrogens with zero attached hydrogens (tertiary/aromatic N) is 2. The summed E-state index contributed by atoms with van der Waals surface area (Å²) in [5.74, 6) is -0.745. The van der Waals surface area contributed by atoms with E-state index >= 15 is 0 Å². The van der Waals surface area contributed by atoms with Crippen LogP contribution in [0.25, 0.3) is 0 Å². The Morgan fingerprint density at radius 2 is 2.07 bits per heavy atom. The standard InChI is InChI=1S/C6H12N2O.C3H6O2/c1-7-2-3-8(6-7)4-5-9;1-2-3(4)5/h2-3,9H,4-6H2,1H3;2H2,1H3,(H,4,5). The highest BCUT2D eigenvalue weighted by Crippen LogP contribution is 2.01. The zero-order chi connectivity index (χ0) is 11.0. The molecule has 0 aromatic heterocycles. The molecule has 0 saturated heterocycles. The van der Waals surface area contributed by atoms with Gasteiger partial charge in [0.1, 0.15) is 0 Å². The Morgan fingerprint density at radius 3 is 2.36 bits per heavy atom. The van der Waals surface area contributed by atoms with Gasteiger partial charge in [0.2, 0.25) is 0 Å². The topological polar surface area (TPSA) is 64.0 Å². The number of carbonyl (C=O) groups is 1. The predicted molar refractivity (Wildman–Crippen MR) is 53.5 cm³/mol. The van der Waals surface area contributed by atoms with Gasteiger partial charge < -0.3 is 20.0 Å². The number of carboxylic acid groups (broad SMARTS) is 1. The molecule has 0 aromatic rings. The molecule has 0 aliphatic carbocycles. The van der Waals surface area contributed by atoms with E-state index in [0.29, 0.717) is 0 Å². The molecule has 5 heteroatoms. The third kappa shape index (κ3) is 6.30. The molecule has 14 heavy (non-hydrogen) atoms. The van der Waals surface area contributed by atoms with E-state index in [1.165, 1.54) is 0 Å². The van der Waals surface area contributed by atoms with Crippen LogP contribution in [0, 0.1) is 0 Å². The maximum absolute atomic E-state index is 9.37. The molecule has 82 valence electrons. The summed E-state index contributed by atoms with van der Waals surface area (Å²) in [5, 5.41) is 16.2. The van der Waals surface area contributed by atoms with Crippen molar-refractivity contribution < 1.29 is 15.0 Å². The number of hydrogen-bond acceptors (Lipinski definition) is 4. The van der Waals surface area contributed by atoms with E-state index in [1.807, 2.05) is 19.4 Å². The molecule has 0 bridgehead atoms. The van der Waals surface area contributed by atoms with Gasteiger partial charge in [0.15, 0.2) is 0 Å². The van der Waals surface area contributed by atoms with Crippen molar-refractivity contribution in [3.63, 3.8) is 0 Å². The highest BCUT2D eigenvalue weighted by atomic mass is 16.4. The average molecular weight is 202 g/mol. The largest absolute Gasteiger partial charge is 0.481 e. The minimum atomic E-state index is -0.745. The lowest BCUT2D eigenvalue weighted by Gasteiger charge is -2.15. The van der Waals surface area contributed by atoms with Crippen molar-refractivity contribution in [2.24, 2.45) is 0 Å². The number of β-amino-alcohol motifs (C(OH)–C–C–N with tert-alkyl or cyclic N) is 1. The van der Waals surface area contributed by atoms with E-state index in [1.54, 1.807) is 6.92 Å². The van der Waals surface area contributed by atoms with Crippen LogP contribution in [0.15, 0.2) is 12.4 Å². The third-order valence-electron chi connectivity index (χ3n) is 1.63. The number of aliphatic hydroxyl groups is 1. The van der Waals surface area contributed by atoms with Crippen LogP contribution in [0.1, 0.15) is 13.3 Å². The van der Waals surface area contributed by atoms with Gasteiger partial charge in [-0.15, -0.1) is 0 Å². The first-order valence-corrected chi connectivity index (χ1v) is 4.55. The van der Waals surface area contributed by atoms with Crippen LogP contribution >= 0.6 is 0 Å². The normalized spacial score (nSPS) is 13.9. The van der Waals surface area contributed by atoms with Gasteiger partial charge in [0.05, 0.1) is 13.3 Å². The highest BCUT2D eigenvalue weighted by Gasteiger charge is 2.05. The number of aliphatic carboxylic acids is 1. The Bertz CT molecular complexity index is 194. The summed E-state index contributed by atoms with van der Waals surface area (Å²) in [6, 6.07) is 0. The fourth-order valence-corrected chi connectivity index (χ4v) is 0.863. The Balaban J connectivity index is 0.000000292. The molecule has 0 saturated carbocycles. The summed E-state index contributed by atoms with van der Waals surface area (Å²) in [6.45, 7) is 3.47. The second-order valence-corrected chi connectivity index (χ2v) is 2.98. The Labute approximate surface area is 84.2 Å². The van der Waals surface area contributed by atoms with Crippen molar-refractivity contribution in [2.75, 3.05) is 26.9 Å². The van der Waals surface area contributed by atoms with Crippen molar-refractivity contribution in [3.8, 4) is 0 Å². The first kappa shape index (κ1) is 12.8. The van der Waals surface area contributed by atoms with Crippen LogP contribution in [0.3, 0.4) is 0 Å². The first-order chi connectivity index (χ1) is 6.60. The fourth-order valence-electron chi connectivity index (χ4n) is 0.863. The third-order valence-corrected chi connectivity index (χ3v) is 1.63. The number of rotatable bonds is 3. The number of hydrogen-bond donors (Lipinski definition) is 2. The van der Waals surface area contributed by atoms with E-state index in [4.69, 9.17) is 10.2 Å². The minimum absolute atomic E-state index is 0.222. The maximum atomic E-state index is 9.37. The van der Waals surface area contributed by atoms with Crippen molar-refractivity contribution in [1.82, 2.24) is 9.80 Å². The monoisotopic (exact) mass is 202 g/mol. The van der Waals surface area contributed by atoms with Crippen LogP contribution in [0.5, 0.6) is 0 Å². The lowest BCUT2D eigenvalue weighted by Crippen LogP contribution is -2.24. The van der Waals surface area contributed by atoms with E-state index < -0.39 is 5.97 Å². The van der Waals surface area contributed by atoms with Crippen LogP contribution in [0.2, 0.25) is 0 Å². The van der Waals surface area contributed by atoms with E-state index in [0.717, 1.165) is 13.2 Å². The number of aliphatic hydroxyl groups excluding tert-OH is 1. The van der Waals surface area contributed by atoms with Crippen molar-refractivity contribution in [3.05, 3.63) is 12.4 Å². The van der Waals surface area contributed by atoms with Gasteiger partial charge >= 0.3 is 5.97 Å². The van der Waals surface area contributed by atoms with Gasteiger partial charge in [-0.2, -0.15) is 0 Å². The Morgan fingerprint density at radius 1 is 1.50 bits per heavy atom. The smallest absolute Gasteiger partial charge is 0.303 e. The summed E-state index contributed by atoms with van der Waals surface area (Å²) in [7, 11) is 2.01. The van der Waals surface area contributed by atoms with Crippen LogP contribution < -0.4 is 0 Å². The molecular formula is C9H18N2O3. The highest BCUT2D eigenvalue weighted by molar-refractivity contribution is 5.66. The van der Waals surface area contributed by atoms with E-state index in [-0.39, 0.29) is 13.0 Å². The SMILES string of the molecule is CCC(=O)O.CN1C=CN(CCO)C1. The predicted octanol–water partition coefficient (Wildman–Crippen LogP) is 0.136. The van der Waals surface area contributed by atoms with Crippen LogP contribution in [-0.2, 0) is 4.79 Å². The van der Waals surface area contributed by atoms with Gasteiger partial charge in [-0.1, -0.05) is 6.92 Å². The minimum Gasteiger partial charge on any atom is -0.481 e. The average Bonchev–Trinajstić information content (AvgIpc) is 2.53. The fraction of sp³-hybridized carbons (Fsp3) is 0.667. The first-order valence-electron chi connectivity index (χ1n) is 4.55. The summed E-state index contributed by atoms with van der Waals surface area (Å²) in [4.78, 5) is 13.5. The summed E-state index contributed by atoms with van der Waals surface area (Å²) in [6.07, 6.45) is 4.20. The molecule has 5 nitrogen and oxygen atoms in total. The molecular weight excluding hydrogens is 184 g/mol. The summed E-state index contributed by atoms with van der Waals surface area (Å²) >= 11 is 0. The van der Waals surface area contributed by atoms with Gasteiger partial charge in [-0.3, -0.25) is 4.79 Å². The molecule has 2 N–H and O–H groups in total. The summed E-state index contributed by atoms with van der Waals surface area (Å²) < 4.78 is 0. The molecule has 0 unspecified atom stereocenters. The lowest BCUT2D eigenvalue weighted by atomic mass is 10.5. The molecule has 1 heterocycles. The van der Waals surface area contributed by atoms with Crippen molar-refractivity contribution in [2.45, 2.75) is 13.3 Å². The lowest BCUT2D eigenvalue weighted by molar-refractivity contribution is -0.136. The van der Waals surface area contributed by atoms with Crippen LogP contribution in [-0.4, -0.2) is 52.9 Å². The molecule has 1 aliphatic heterocycles. The molecule has 0 fully saturated rings. The van der Waals surface area contributed by atoms with Gasteiger partial charge in [-0.25, -0.2) is 0 Å². The molecule has 0 spiro atoms. The second-order valence-electron chi connectivity index (χ2n) is 2.98. The second kappa shape index (κ2) is 7.20. The molecule has 0 aromatic carbocycles. The molecule has 0 radical (unpaired) electrons. The van der Waals surface area contributed by atoms with Gasteiger partial charge in [0.25, 0.3) is 0 Å². The van der Waals surface area contributed by atoms with Gasteiger partial charge in [0, 0.05) is 32.4 Å². The van der Waals surface area contributed by atoms with Crippen molar-refractivity contribution >= 4 is 5.97 Å². The molecule has 1 rings (SSSR count). The van der Waals surface area contributed by atoms with Crippen LogP contribution in [0.4, 0.5) is 0 Å². The van der Waals surface area contributed by atoms with Gasteiger partial charge in [-0.05, 0) is 0 Å². The quantitative estimate of drug-likeness (QED) is 0.681. The van der Waals surface area contributed by atoms with E-state index in [2.05, 4.69) is 9.80 Å². The van der Waals surface area contributed by atoms with E-state index in [9.17, 15) is 4.79 Å². The summed E-state index contributed by atoms with van der Waals surface area (Å²) in [5.41, 5.74) is 0. The maximum Gasteiger partial charge on any atom is 0.303 e. The molecule has 1 aliphatic rings. The van der Waals surface area contributed by atoms with Crippen molar-refractivity contribution in [1.29, 1.82) is 0 Å². The number of carboxylic acids is 1. The zero-order valence-corrected chi connectivity index (χ0v) is 8.68. The molecule has 0 amide bonds. The Hall–Kier alpha value is -1.23.